The van der Waals surface area contributed by atoms with Crippen LogP contribution in [0.1, 0.15) is 43.7 Å². The van der Waals surface area contributed by atoms with Gasteiger partial charge in [0.15, 0.2) is 5.60 Å². The zero-order chi connectivity index (χ0) is 25.8. The first-order chi connectivity index (χ1) is 16.4. The molecule has 0 radical (unpaired) electrons. The maximum Gasteiger partial charge on any atom is 0.416 e. The molecule has 10 heteroatoms. The maximum atomic E-state index is 12.8. The molecule has 2 aromatic carbocycles. The summed E-state index contributed by atoms with van der Waals surface area (Å²) in [5.41, 5.74) is -0.145. The van der Waals surface area contributed by atoms with Crippen LogP contribution in [0.2, 0.25) is 5.02 Å². The lowest BCUT2D eigenvalue weighted by atomic mass is 10.0. The number of esters is 1. The molecule has 0 fully saturated rings. The van der Waals surface area contributed by atoms with Crippen LogP contribution in [0.3, 0.4) is 0 Å². The van der Waals surface area contributed by atoms with Crippen LogP contribution in [-0.2, 0) is 22.1 Å². The van der Waals surface area contributed by atoms with Gasteiger partial charge in [-0.15, -0.1) is 0 Å². The molecule has 0 saturated carbocycles. The second-order valence-corrected chi connectivity index (χ2v) is 8.73. The first-order valence-electron chi connectivity index (χ1n) is 10.9. The predicted octanol–water partition coefficient (Wildman–Crippen LogP) is 6.24. The highest BCUT2D eigenvalue weighted by molar-refractivity contribution is 6.32. The van der Waals surface area contributed by atoms with E-state index in [1.807, 2.05) is 6.07 Å². The standard InChI is InChI=1S/C25H26ClF3N2O4/c1-5-33-23(32)24(2,3)34-22-11-8-16(12-19(22)26)20(30-4)13-18-14-21(31-35-18)15-6-9-17(10-7-15)25(27,28)29/h6-12,14,20,30H,5,13H2,1-4H3. The van der Waals surface area contributed by atoms with E-state index in [2.05, 4.69) is 10.5 Å². The summed E-state index contributed by atoms with van der Waals surface area (Å²) in [6, 6.07) is 11.4. The lowest BCUT2D eigenvalue weighted by Gasteiger charge is -2.25. The van der Waals surface area contributed by atoms with Gasteiger partial charge in [-0.3, -0.25) is 0 Å². The van der Waals surface area contributed by atoms with Crippen LogP contribution in [0.15, 0.2) is 53.1 Å². The minimum atomic E-state index is -4.40. The van der Waals surface area contributed by atoms with Crippen molar-refractivity contribution in [2.75, 3.05) is 13.7 Å². The van der Waals surface area contributed by atoms with Gasteiger partial charge in [-0.25, -0.2) is 4.79 Å². The first-order valence-corrected chi connectivity index (χ1v) is 11.3. The van der Waals surface area contributed by atoms with Crippen LogP contribution in [0, 0.1) is 0 Å². The molecule has 3 aromatic rings. The van der Waals surface area contributed by atoms with Crippen molar-refractivity contribution < 1.29 is 32.0 Å². The number of likely N-dealkylation sites (N-methyl/N-ethyl adjacent to an activating group) is 1. The van der Waals surface area contributed by atoms with Crippen molar-refractivity contribution in [1.82, 2.24) is 10.5 Å². The number of halogens is 4. The first kappa shape index (κ1) is 26.6. The van der Waals surface area contributed by atoms with Crippen LogP contribution >= 0.6 is 11.6 Å². The average molecular weight is 511 g/mol. The van der Waals surface area contributed by atoms with Crippen LogP contribution in [-0.4, -0.2) is 30.4 Å². The van der Waals surface area contributed by atoms with Crippen molar-refractivity contribution in [3.05, 3.63) is 70.4 Å². The average Bonchev–Trinajstić information content (AvgIpc) is 3.27. The minimum Gasteiger partial charge on any atom is -0.475 e. The summed E-state index contributed by atoms with van der Waals surface area (Å²) in [5.74, 6) is 0.383. The van der Waals surface area contributed by atoms with E-state index in [1.165, 1.54) is 12.1 Å². The molecular formula is C25H26ClF3N2O4. The van der Waals surface area contributed by atoms with Crippen molar-refractivity contribution in [2.45, 2.75) is 45.0 Å². The molecule has 0 saturated heterocycles. The van der Waals surface area contributed by atoms with Crippen molar-refractivity contribution >= 4 is 17.6 Å². The molecule has 35 heavy (non-hydrogen) atoms. The third kappa shape index (κ3) is 6.55. The fourth-order valence-electron chi connectivity index (χ4n) is 3.40. The van der Waals surface area contributed by atoms with E-state index in [0.29, 0.717) is 34.2 Å². The van der Waals surface area contributed by atoms with Crippen LogP contribution in [0.5, 0.6) is 5.75 Å². The van der Waals surface area contributed by atoms with E-state index < -0.39 is 23.3 Å². The van der Waals surface area contributed by atoms with Crippen molar-refractivity contribution in [3.8, 4) is 17.0 Å². The van der Waals surface area contributed by atoms with Gasteiger partial charge in [0.1, 0.15) is 17.2 Å². The molecular weight excluding hydrogens is 485 g/mol. The fourth-order valence-corrected chi connectivity index (χ4v) is 3.63. The van der Waals surface area contributed by atoms with Crippen molar-refractivity contribution in [3.63, 3.8) is 0 Å². The molecule has 1 unspecified atom stereocenters. The third-order valence-electron chi connectivity index (χ3n) is 5.31. The van der Waals surface area contributed by atoms with E-state index in [0.717, 1.165) is 17.7 Å². The minimum absolute atomic E-state index is 0.201. The Morgan fingerprint density at radius 1 is 1.14 bits per heavy atom. The van der Waals surface area contributed by atoms with E-state index in [4.69, 9.17) is 25.6 Å². The molecule has 0 spiro atoms. The monoisotopic (exact) mass is 510 g/mol. The second-order valence-electron chi connectivity index (χ2n) is 8.32. The summed E-state index contributed by atoms with van der Waals surface area (Å²) in [4.78, 5) is 12.1. The normalized spacial score (nSPS) is 12.9. The highest BCUT2D eigenvalue weighted by Gasteiger charge is 2.32. The number of aromatic nitrogens is 1. The summed E-state index contributed by atoms with van der Waals surface area (Å²) in [7, 11) is 1.78. The number of hydrogen-bond donors (Lipinski definition) is 1. The number of nitrogens with one attached hydrogen (secondary N) is 1. The number of carbonyl (C=O) groups excluding carboxylic acids is 1. The summed E-state index contributed by atoms with van der Waals surface area (Å²) >= 11 is 6.43. The van der Waals surface area contributed by atoms with Gasteiger partial charge in [0.25, 0.3) is 0 Å². The Kier molecular flexibility index (Phi) is 8.12. The predicted molar refractivity (Wildman–Crippen MR) is 125 cm³/mol. The van der Waals surface area contributed by atoms with Gasteiger partial charge in [0.2, 0.25) is 0 Å². The maximum absolute atomic E-state index is 12.8. The molecule has 188 valence electrons. The molecule has 3 rings (SSSR count). The SMILES string of the molecule is CCOC(=O)C(C)(C)Oc1ccc(C(Cc2cc(-c3ccc(C(F)(F)F)cc3)no2)NC)cc1Cl. The molecule has 1 aromatic heterocycles. The summed E-state index contributed by atoms with van der Waals surface area (Å²) < 4.78 is 54.6. The topological polar surface area (TPSA) is 73.6 Å². The van der Waals surface area contributed by atoms with Crippen LogP contribution in [0.25, 0.3) is 11.3 Å². The Labute approximate surface area is 206 Å². The van der Waals surface area contributed by atoms with E-state index in [-0.39, 0.29) is 12.6 Å². The van der Waals surface area contributed by atoms with Gasteiger partial charge in [-0.1, -0.05) is 35.0 Å². The Hall–Kier alpha value is -3.04. The molecule has 1 heterocycles. The zero-order valence-corrected chi connectivity index (χ0v) is 20.5. The number of nitrogens with zero attached hydrogens (tertiary/aromatic N) is 1. The molecule has 0 amide bonds. The fraction of sp³-hybridized carbons (Fsp3) is 0.360. The number of hydrogen-bond acceptors (Lipinski definition) is 6. The van der Waals surface area contributed by atoms with Gasteiger partial charge in [0, 0.05) is 24.1 Å². The summed E-state index contributed by atoms with van der Waals surface area (Å²) in [5, 5.41) is 7.49. The summed E-state index contributed by atoms with van der Waals surface area (Å²) in [6.07, 6.45) is -3.99. The summed E-state index contributed by atoms with van der Waals surface area (Å²) in [6.45, 7) is 5.16. The van der Waals surface area contributed by atoms with Crippen molar-refractivity contribution in [2.24, 2.45) is 0 Å². The smallest absolute Gasteiger partial charge is 0.416 e. The quantitative estimate of drug-likeness (QED) is 0.344. The van der Waals surface area contributed by atoms with E-state index >= 15 is 0 Å². The van der Waals surface area contributed by atoms with Gasteiger partial charge >= 0.3 is 12.1 Å². The molecule has 6 nitrogen and oxygen atoms in total. The molecule has 0 aliphatic heterocycles. The zero-order valence-electron chi connectivity index (χ0n) is 19.7. The Morgan fingerprint density at radius 2 is 1.83 bits per heavy atom. The molecule has 1 N–H and O–H groups in total. The number of carbonyl (C=O) groups is 1. The number of benzene rings is 2. The molecule has 0 bridgehead atoms. The Balaban J connectivity index is 1.73. The second kappa shape index (κ2) is 10.7. The van der Waals surface area contributed by atoms with Gasteiger partial charge < -0.3 is 19.3 Å². The molecule has 0 aliphatic rings. The number of rotatable bonds is 9. The van der Waals surface area contributed by atoms with Crippen LogP contribution in [0.4, 0.5) is 13.2 Å². The molecule has 1 atom stereocenters. The Morgan fingerprint density at radius 3 is 2.40 bits per heavy atom. The highest BCUT2D eigenvalue weighted by atomic mass is 35.5. The largest absolute Gasteiger partial charge is 0.475 e. The van der Waals surface area contributed by atoms with Crippen LogP contribution < -0.4 is 10.1 Å². The van der Waals surface area contributed by atoms with Gasteiger partial charge in [0.05, 0.1) is 17.2 Å². The third-order valence-corrected chi connectivity index (χ3v) is 5.61. The van der Waals surface area contributed by atoms with E-state index in [9.17, 15) is 18.0 Å². The Bertz CT molecular complexity index is 1160. The van der Waals surface area contributed by atoms with Gasteiger partial charge in [-0.2, -0.15) is 13.2 Å². The number of ether oxygens (including phenoxy) is 2. The van der Waals surface area contributed by atoms with Crippen molar-refractivity contribution in [1.29, 1.82) is 0 Å². The molecule has 0 aliphatic carbocycles. The lowest BCUT2D eigenvalue weighted by molar-refractivity contribution is -0.158. The van der Waals surface area contributed by atoms with E-state index in [1.54, 1.807) is 46.0 Å². The highest BCUT2D eigenvalue weighted by Crippen LogP contribution is 2.33. The lowest BCUT2D eigenvalue weighted by Crippen LogP contribution is -2.39. The van der Waals surface area contributed by atoms with Gasteiger partial charge in [-0.05, 0) is 57.6 Å². The number of alkyl halides is 3.